The van der Waals surface area contributed by atoms with Crippen LogP contribution in [0.5, 0.6) is 0 Å². The van der Waals surface area contributed by atoms with E-state index >= 15 is 0 Å². The van der Waals surface area contributed by atoms with Crippen LogP contribution in [0.4, 0.5) is 39.5 Å². The predicted octanol–water partition coefficient (Wildman–Crippen LogP) is 6.13. The van der Waals surface area contributed by atoms with E-state index in [2.05, 4.69) is 0 Å². The maximum Gasteiger partial charge on any atom is 0.417 e. The molecule has 0 aliphatic heterocycles. The number of carbonyl (C=O) groups is 2. The van der Waals surface area contributed by atoms with Crippen molar-refractivity contribution in [1.29, 1.82) is 0 Å². The van der Waals surface area contributed by atoms with Gasteiger partial charge in [0.25, 0.3) is 0 Å². The third-order valence-corrected chi connectivity index (χ3v) is 3.59. The first-order valence-electron chi connectivity index (χ1n) is 7.78. The second kappa shape index (κ2) is 8.86. The monoisotopic (exact) mass is 462 g/mol. The normalized spacial score (nSPS) is 12.1. The van der Waals surface area contributed by atoms with Gasteiger partial charge in [0.15, 0.2) is 0 Å². The number of carboxylic acid groups (broad SMARTS) is 2. The molecule has 0 heterocycles. The molecule has 0 aliphatic rings. The van der Waals surface area contributed by atoms with E-state index in [0.717, 1.165) is 12.1 Å². The number of rotatable bonds is 2. The van der Waals surface area contributed by atoms with E-state index in [1.807, 2.05) is 0 Å². The van der Waals surface area contributed by atoms with Crippen molar-refractivity contribution in [3.63, 3.8) is 0 Å². The molecule has 2 rings (SSSR count). The van der Waals surface area contributed by atoms with Crippen LogP contribution in [0.1, 0.15) is 43.0 Å². The number of hydrogen-bond donors (Lipinski definition) is 2. The maximum atomic E-state index is 12.3. The van der Waals surface area contributed by atoms with Gasteiger partial charge in [0.1, 0.15) is 0 Å². The summed E-state index contributed by atoms with van der Waals surface area (Å²) in [5.41, 5.74) is -6.03. The van der Waals surface area contributed by atoms with Crippen LogP contribution in [-0.2, 0) is 18.5 Å². The Morgan fingerprint density at radius 1 is 0.645 bits per heavy atom. The number of aromatic carboxylic acids is 2. The number of benzene rings is 2. The fourth-order valence-corrected chi connectivity index (χ4v) is 2.22. The van der Waals surface area contributed by atoms with E-state index in [1.165, 1.54) is 13.0 Å². The van der Waals surface area contributed by atoms with E-state index < -0.39 is 58.3 Å². The topological polar surface area (TPSA) is 74.6 Å². The molecule has 13 heteroatoms. The first-order valence-corrected chi connectivity index (χ1v) is 7.78. The molecule has 0 aliphatic carbocycles. The van der Waals surface area contributed by atoms with Crippen LogP contribution < -0.4 is 0 Å². The van der Waals surface area contributed by atoms with Crippen LogP contribution in [0.2, 0.25) is 0 Å². The zero-order valence-electron chi connectivity index (χ0n) is 15.1. The minimum Gasteiger partial charge on any atom is -0.478 e. The largest absolute Gasteiger partial charge is 0.478 e. The lowest BCUT2D eigenvalue weighted by Crippen LogP contribution is -2.15. The molecule has 0 saturated heterocycles. The van der Waals surface area contributed by atoms with E-state index in [9.17, 15) is 49.1 Å². The van der Waals surface area contributed by atoms with E-state index in [4.69, 9.17) is 10.2 Å². The van der Waals surface area contributed by atoms with Gasteiger partial charge in [-0.2, -0.15) is 39.5 Å². The van der Waals surface area contributed by atoms with Gasteiger partial charge < -0.3 is 10.2 Å². The molecule has 0 saturated carbocycles. The SMILES string of the molecule is Cc1ccc(C(=O)O)c(C(F)(F)F)c1.O=C(O)c1ccc(C(F)(F)F)cc1C(F)(F)F. The highest BCUT2D eigenvalue weighted by Gasteiger charge is 2.39. The molecule has 31 heavy (non-hydrogen) atoms. The zero-order chi connectivity index (χ0) is 24.4. The standard InChI is InChI=1S/C9H4F6O2.C9H7F3O2/c10-8(11,12)4-1-2-5(7(16)17)6(3-4)9(13,14)15;1-5-2-3-6(8(13)14)7(4-5)9(10,11)12/h1-3H,(H,16,17);2-4H,1H3,(H,13,14). The third-order valence-electron chi connectivity index (χ3n) is 3.59. The van der Waals surface area contributed by atoms with Gasteiger partial charge >= 0.3 is 30.5 Å². The summed E-state index contributed by atoms with van der Waals surface area (Å²) in [6, 6.07) is 3.47. The molecule has 0 atom stereocenters. The minimum atomic E-state index is -5.16. The lowest BCUT2D eigenvalue weighted by molar-refractivity contribution is -0.143. The summed E-state index contributed by atoms with van der Waals surface area (Å²) < 4.78 is 111. The number of hydrogen-bond acceptors (Lipinski definition) is 2. The second-order valence-corrected chi connectivity index (χ2v) is 5.91. The fourth-order valence-electron chi connectivity index (χ4n) is 2.22. The highest BCUT2D eigenvalue weighted by molar-refractivity contribution is 5.90. The Morgan fingerprint density at radius 2 is 1.03 bits per heavy atom. The van der Waals surface area contributed by atoms with E-state index in [0.29, 0.717) is 11.6 Å². The third kappa shape index (κ3) is 6.89. The molecular formula is C18H11F9O4. The Kier molecular flexibility index (Phi) is 7.37. The average molecular weight is 462 g/mol. The Balaban J connectivity index is 0.000000316. The molecule has 2 aromatic carbocycles. The van der Waals surface area contributed by atoms with Crippen LogP contribution in [0, 0.1) is 6.92 Å². The molecular weight excluding hydrogens is 451 g/mol. The quantitative estimate of drug-likeness (QED) is 0.527. The van der Waals surface area contributed by atoms with E-state index in [-0.39, 0.29) is 12.1 Å². The van der Waals surface area contributed by atoms with Gasteiger partial charge in [-0.15, -0.1) is 0 Å². The molecule has 0 amide bonds. The highest BCUT2D eigenvalue weighted by atomic mass is 19.4. The molecule has 0 spiro atoms. The van der Waals surface area contributed by atoms with Crippen molar-refractivity contribution < 1.29 is 59.3 Å². The average Bonchev–Trinajstić information content (AvgIpc) is 2.59. The van der Waals surface area contributed by atoms with Crippen LogP contribution in [0.3, 0.4) is 0 Å². The molecule has 0 fully saturated rings. The van der Waals surface area contributed by atoms with Gasteiger partial charge in [0, 0.05) is 0 Å². The number of halogens is 9. The molecule has 4 nitrogen and oxygen atoms in total. The zero-order valence-corrected chi connectivity index (χ0v) is 15.1. The fraction of sp³-hybridized carbons (Fsp3) is 0.222. The molecule has 0 radical (unpaired) electrons. The van der Waals surface area contributed by atoms with E-state index in [1.54, 1.807) is 0 Å². The molecule has 2 N–H and O–H groups in total. The lowest BCUT2D eigenvalue weighted by atomic mass is 10.0. The Morgan fingerprint density at radius 3 is 1.39 bits per heavy atom. The first kappa shape index (κ1) is 25.8. The van der Waals surface area contributed by atoms with Crippen LogP contribution in [0.15, 0.2) is 36.4 Å². The van der Waals surface area contributed by atoms with Crippen LogP contribution in [-0.4, -0.2) is 22.2 Å². The first-order chi connectivity index (χ1) is 13.9. The van der Waals surface area contributed by atoms with Gasteiger partial charge in [-0.3, -0.25) is 0 Å². The summed E-state index contributed by atoms with van der Waals surface area (Å²) in [6.45, 7) is 1.47. The number of alkyl halides is 9. The molecule has 170 valence electrons. The summed E-state index contributed by atoms with van der Waals surface area (Å²) in [5.74, 6) is -3.51. The summed E-state index contributed by atoms with van der Waals surface area (Å²) in [7, 11) is 0. The number of aryl methyl sites for hydroxylation is 1. The highest BCUT2D eigenvalue weighted by Crippen LogP contribution is 2.37. The van der Waals surface area contributed by atoms with Gasteiger partial charge in [0.2, 0.25) is 0 Å². The van der Waals surface area contributed by atoms with Crippen molar-refractivity contribution in [1.82, 2.24) is 0 Å². The van der Waals surface area contributed by atoms with Gasteiger partial charge in [-0.05, 0) is 37.3 Å². The Hall–Kier alpha value is -3.25. The van der Waals surface area contributed by atoms with Crippen molar-refractivity contribution in [2.45, 2.75) is 25.5 Å². The molecule has 2 aromatic rings. The van der Waals surface area contributed by atoms with Crippen LogP contribution >= 0.6 is 0 Å². The van der Waals surface area contributed by atoms with Crippen LogP contribution in [0.25, 0.3) is 0 Å². The second-order valence-electron chi connectivity index (χ2n) is 5.91. The van der Waals surface area contributed by atoms with Gasteiger partial charge in [0.05, 0.1) is 27.8 Å². The van der Waals surface area contributed by atoms with Crippen molar-refractivity contribution >= 4 is 11.9 Å². The van der Waals surface area contributed by atoms with Crippen molar-refractivity contribution in [2.24, 2.45) is 0 Å². The maximum absolute atomic E-state index is 12.3. The molecule has 0 bridgehead atoms. The summed E-state index contributed by atoms with van der Waals surface area (Å²) in [5, 5.41) is 17.0. The molecule has 0 aromatic heterocycles. The summed E-state index contributed by atoms with van der Waals surface area (Å²) in [4.78, 5) is 20.9. The lowest BCUT2D eigenvalue weighted by Gasteiger charge is -2.13. The number of carboxylic acids is 2. The van der Waals surface area contributed by atoms with Crippen molar-refractivity contribution in [3.05, 3.63) is 69.8 Å². The Bertz CT molecular complexity index is 973. The minimum absolute atomic E-state index is 0.219. The van der Waals surface area contributed by atoms with Crippen molar-refractivity contribution in [2.75, 3.05) is 0 Å². The molecule has 0 unspecified atom stereocenters. The van der Waals surface area contributed by atoms with Gasteiger partial charge in [-0.1, -0.05) is 11.6 Å². The summed E-state index contributed by atoms with van der Waals surface area (Å²) in [6.07, 6.45) is -14.7. The Labute approximate surface area is 167 Å². The van der Waals surface area contributed by atoms with Gasteiger partial charge in [-0.25, -0.2) is 9.59 Å². The van der Waals surface area contributed by atoms with Crippen molar-refractivity contribution in [3.8, 4) is 0 Å². The predicted molar refractivity (Wildman–Crippen MR) is 86.5 cm³/mol. The smallest absolute Gasteiger partial charge is 0.417 e. The summed E-state index contributed by atoms with van der Waals surface area (Å²) >= 11 is 0.